The number of rotatable bonds is 3. The van der Waals surface area contributed by atoms with Crippen LogP contribution in [0.5, 0.6) is 0 Å². The number of nitrogens with zero attached hydrogens (tertiary/aromatic N) is 3. The van der Waals surface area contributed by atoms with E-state index in [0.29, 0.717) is 23.5 Å². The zero-order chi connectivity index (χ0) is 11.5. The molecule has 0 radical (unpaired) electrons. The van der Waals surface area contributed by atoms with Crippen molar-refractivity contribution < 1.29 is 9.84 Å². The summed E-state index contributed by atoms with van der Waals surface area (Å²) in [5, 5.41) is 18.5. The molecule has 0 fully saturated rings. The Labute approximate surface area is 92.5 Å². The maximum Gasteiger partial charge on any atom is 0.198 e. The van der Waals surface area contributed by atoms with Crippen molar-refractivity contribution in [3.63, 3.8) is 0 Å². The van der Waals surface area contributed by atoms with Crippen LogP contribution in [0.1, 0.15) is 24.5 Å². The highest BCUT2D eigenvalue weighted by Crippen LogP contribution is 2.16. The van der Waals surface area contributed by atoms with Crippen LogP contribution in [-0.2, 0) is 4.74 Å². The van der Waals surface area contributed by atoms with Gasteiger partial charge in [-0.05, 0) is 19.1 Å². The Hall–Kier alpha value is -1.90. The molecule has 0 bridgehead atoms. The van der Waals surface area contributed by atoms with Gasteiger partial charge in [0.25, 0.3) is 0 Å². The largest absolute Gasteiger partial charge is 0.363 e. The van der Waals surface area contributed by atoms with Gasteiger partial charge in [0.05, 0.1) is 17.5 Å². The zero-order valence-corrected chi connectivity index (χ0v) is 8.79. The highest BCUT2D eigenvalue weighted by molar-refractivity contribution is 5.44. The first-order valence-corrected chi connectivity index (χ1v) is 4.93. The van der Waals surface area contributed by atoms with Crippen LogP contribution in [0, 0.1) is 11.3 Å². The molecule has 0 aliphatic carbocycles. The third-order valence-corrected chi connectivity index (χ3v) is 2.24. The minimum absolute atomic E-state index is 0.409. The quantitative estimate of drug-likeness (QED) is 0.785. The lowest BCUT2D eigenvalue weighted by Gasteiger charge is -2.09. The van der Waals surface area contributed by atoms with Gasteiger partial charge < -0.3 is 9.84 Å². The monoisotopic (exact) mass is 217 g/mol. The number of hydrogen-bond acceptors (Lipinski definition) is 4. The van der Waals surface area contributed by atoms with Crippen LogP contribution in [0.2, 0.25) is 0 Å². The van der Waals surface area contributed by atoms with E-state index < -0.39 is 6.29 Å². The van der Waals surface area contributed by atoms with Gasteiger partial charge >= 0.3 is 0 Å². The number of ether oxygens (including phenoxy) is 1. The molecule has 0 aliphatic rings. The maximum atomic E-state index is 9.71. The molecule has 1 atom stereocenters. The van der Waals surface area contributed by atoms with Gasteiger partial charge in [0.2, 0.25) is 0 Å². The molecule has 5 heteroatoms. The van der Waals surface area contributed by atoms with Gasteiger partial charge in [0.15, 0.2) is 6.29 Å². The highest BCUT2D eigenvalue weighted by atomic mass is 16.6. The number of hydrogen-bond donors (Lipinski definition) is 1. The number of aliphatic hydroxyl groups is 1. The first-order chi connectivity index (χ1) is 7.76. The number of pyridine rings is 1. The molecule has 1 N–H and O–H groups in total. The lowest BCUT2D eigenvalue weighted by molar-refractivity contribution is -0.101. The molecule has 2 heterocycles. The second kappa shape index (κ2) is 4.31. The zero-order valence-electron chi connectivity index (χ0n) is 8.79. The molecule has 82 valence electrons. The number of fused-ring (bicyclic) bond motifs is 1. The van der Waals surface area contributed by atoms with E-state index in [4.69, 9.17) is 10.00 Å². The fourth-order valence-electron chi connectivity index (χ4n) is 1.49. The number of imidazole rings is 1. The maximum absolute atomic E-state index is 9.71. The smallest absolute Gasteiger partial charge is 0.198 e. The van der Waals surface area contributed by atoms with E-state index in [-0.39, 0.29) is 0 Å². The Morgan fingerprint density at radius 3 is 3.12 bits per heavy atom. The minimum Gasteiger partial charge on any atom is -0.363 e. The van der Waals surface area contributed by atoms with Gasteiger partial charge in [-0.1, -0.05) is 0 Å². The summed E-state index contributed by atoms with van der Waals surface area (Å²) in [6, 6.07) is 5.44. The first kappa shape index (κ1) is 10.6. The Kier molecular flexibility index (Phi) is 2.86. The van der Waals surface area contributed by atoms with Crippen molar-refractivity contribution in [2.24, 2.45) is 0 Å². The van der Waals surface area contributed by atoms with Gasteiger partial charge in [0, 0.05) is 12.8 Å². The standard InChI is InChI=1S/C11H11N3O2/c1-2-16-11(15)9-6-13-10-4-3-8(5-12)7-14(9)10/h3-4,6-7,11,15H,2H2,1H3. The topological polar surface area (TPSA) is 70.5 Å². The van der Waals surface area contributed by atoms with E-state index in [9.17, 15) is 5.11 Å². The molecule has 16 heavy (non-hydrogen) atoms. The van der Waals surface area contributed by atoms with Crippen molar-refractivity contribution in [1.29, 1.82) is 5.26 Å². The van der Waals surface area contributed by atoms with Crippen molar-refractivity contribution in [2.45, 2.75) is 13.2 Å². The molecule has 2 aromatic rings. The molecule has 0 amide bonds. The van der Waals surface area contributed by atoms with E-state index in [1.807, 2.05) is 6.07 Å². The lowest BCUT2D eigenvalue weighted by Crippen LogP contribution is -2.06. The van der Waals surface area contributed by atoms with Gasteiger partial charge in [-0.15, -0.1) is 0 Å². The molecular weight excluding hydrogens is 206 g/mol. The van der Waals surface area contributed by atoms with Crippen molar-refractivity contribution in [2.75, 3.05) is 6.61 Å². The van der Waals surface area contributed by atoms with Crippen LogP contribution >= 0.6 is 0 Å². The first-order valence-electron chi connectivity index (χ1n) is 4.93. The molecule has 2 rings (SSSR count). The third-order valence-electron chi connectivity index (χ3n) is 2.24. The molecule has 0 aliphatic heterocycles. The molecular formula is C11H11N3O2. The van der Waals surface area contributed by atoms with Crippen molar-refractivity contribution >= 4 is 5.65 Å². The highest BCUT2D eigenvalue weighted by Gasteiger charge is 2.12. The summed E-state index contributed by atoms with van der Waals surface area (Å²) >= 11 is 0. The predicted octanol–water partition coefficient (Wildman–Crippen LogP) is 1.23. The molecule has 0 aromatic carbocycles. The molecule has 0 spiro atoms. The summed E-state index contributed by atoms with van der Waals surface area (Å²) in [5.74, 6) is 0. The minimum atomic E-state index is -1.02. The lowest BCUT2D eigenvalue weighted by atomic mass is 10.3. The van der Waals surface area contributed by atoms with Crippen LogP contribution in [0.4, 0.5) is 0 Å². The van der Waals surface area contributed by atoms with Crippen LogP contribution < -0.4 is 0 Å². The number of aromatic nitrogens is 2. The van der Waals surface area contributed by atoms with Crippen LogP contribution in [-0.4, -0.2) is 21.1 Å². The average molecular weight is 217 g/mol. The summed E-state index contributed by atoms with van der Waals surface area (Å²) in [4.78, 5) is 4.11. The SMILES string of the molecule is CCOC(O)c1cnc2ccc(C#N)cn12. The second-order valence-electron chi connectivity index (χ2n) is 3.25. The van der Waals surface area contributed by atoms with Crippen molar-refractivity contribution in [3.05, 3.63) is 35.8 Å². The van der Waals surface area contributed by atoms with Gasteiger partial charge in [-0.2, -0.15) is 5.26 Å². The average Bonchev–Trinajstić information content (AvgIpc) is 2.71. The Morgan fingerprint density at radius 2 is 2.44 bits per heavy atom. The Morgan fingerprint density at radius 1 is 1.62 bits per heavy atom. The third kappa shape index (κ3) is 1.76. The van der Waals surface area contributed by atoms with E-state index in [1.54, 1.807) is 29.7 Å². The summed E-state index contributed by atoms with van der Waals surface area (Å²) in [6.07, 6.45) is 2.14. The van der Waals surface area contributed by atoms with Gasteiger partial charge in [-0.25, -0.2) is 4.98 Å². The van der Waals surface area contributed by atoms with Crippen molar-refractivity contribution in [1.82, 2.24) is 9.38 Å². The fourth-order valence-corrected chi connectivity index (χ4v) is 1.49. The fraction of sp³-hybridized carbons (Fsp3) is 0.273. The van der Waals surface area contributed by atoms with Crippen LogP contribution in [0.3, 0.4) is 0 Å². The van der Waals surface area contributed by atoms with E-state index >= 15 is 0 Å². The molecule has 1 unspecified atom stereocenters. The van der Waals surface area contributed by atoms with E-state index in [1.165, 1.54) is 6.20 Å². The summed E-state index contributed by atoms with van der Waals surface area (Å²) in [6.45, 7) is 2.21. The number of nitriles is 1. The molecule has 0 saturated carbocycles. The summed E-state index contributed by atoms with van der Waals surface area (Å²) in [5.41, 5.74) is 1.71. The van der Waals surface area contributed by atoms with Gasteiger partial charge in [0.1, 0.15) is 11.7 Å². The second-order valence-corrected chi connectivity index (χ2v) is 3.25. The van der Waals surface area contributed by atoms with Crippen molar-refractivity contribution in [3.8, 4) is 6.07 Å². The van der Waals surface area contributed by atoms with Crippen LogP contribution in [0.25, 0.3) is 5.65 Å². The van der Waals surface area contributed by atoms with E-state index in [0.717, 1.165) is 0 Å². The Balaban J connectivity index is 2.50. The summed E-state index contributed by atoms with van der Waals surface area (Å²) < 4.78 is 6.73. The van der Waals surface area contributed by atoms with Gasteiger partial charge in [-0.3, -0.25) is 4.40 Å². The molecule has 5 nitrogen and oxygen atoms in total. The van der Waals surface area contributed by atoms with Crippen LogP contribution in [0.15, 0.2) is 24.5 Å². The predicted molar refractivity (Wildman–Crippen MR) is 56.5 cm³/mol. The number of aliphatic hydroxyl groups excluding tert-OH is 1. The summed E-state index contributed by atoms with van der Waals surface area (Å²) in [7, 11) is 0. The van der Waals surface area contributed by atoms with E-state index in [2.05, 4.69) is 4.98 Å². The normalized spacial score (nSPS) is 12.6. The molecule has 2 aromatic heterocycles. The Bertz CT molecular complexity index is 542. The molecule has 0 saturated heterocycles.